The number of nitrogens with zero attached hydrogens (tertiary/aromatic N) is 2. The number of aromatic nitrogens is 2. The van der Waals surface area contributed by atoms with Gasteiger partial charge in [0.1, 0.15) is 12.1 Å². The van der Waals surface area contributed by atoms with Crippen molar-refractivity contribution in [3.8, 4) is 17.0 Å². The fourth-order valence-corrected chi connectivity index (χ4v) is 1.62. The third-order valence-corrected chi connectivity index (χ3v) is 2.38. The Morgan fingerprint density at radius 2 is 2.00 bits per heavy atom. The van der Waals surface area contributed by atoms with Gasteiger partial charge >= 0.3 is 0 Å². The van der Waals surface area contributed by atoms with E-state index in [-0.39, 0.29) is 0 Å². The topological polar surface area (TPSA) is 35.0 Å². The van der Waals surface area contributed by atoms with Crippen molar-refractivity contribution in [1.29, 1.82) is 0 Å². The van der Waals surface area contributed by atoms with Crippen LogP contribution < -0.4 is 4.74 Å². The van der Waals surface area contributed by atoms with Gasteiger partial charge in [-0.05, 0) is 31.2 Å². The minimum Gasteiger partial charge on any atom is -0.494 e. The Bertz CT molecular complexity index is 471. The Morgan fingerprint density at radius 3 is 2.62 bits per heavy atom. The van der Waals surface area contributed by atoms with Crippen LogP contribution in [0.2, 0.25) is 5.02 Å². The molecule has 0 unspecified atom stereocenters. The number of halogens is 1. The fourth-order valence-electron chi connectivity index (χ4n) is 1.40. The molecule has 0 radical (unpaired) electrons. The maximum atomic E-state index is 6.00. The third-order valence-electron chi connectivity index (χ3n) is 2.11. The molecule has 0 spiro atoms. The minimum absolute atomic E-state index is 0.548. The molecule has 0 aliphatic rings. The average Bonchev–Trinajstić information content (AvgIpc) is 2.31. The molecule has 0 saturated heterocycles. The monoisotopic (exact) mass is 234 g/mol. The molecule has 82 valence electrons. The van der Waals surface area contributed by atoms with E-state index >= 15 is 0 Å². The molecule has 2 aromatic rings. The summed E-state index contributed by atoms with van der Waals surface area (Å²) in [5.41, 5.74) is 1.69. The Morgan fingerprint density at radius 1 is 1.25 bits per heavy atom. The van der Waals surface area contributed by atoms with Crippen LogP contribution in [0.3, 0.4) is 0 Å². The number of benzene rings is 1. The Balaban J connectivity index is 2.31. The molecule has 0 atom stereocenters. The first-order chi connectivity index (χ1) is 7.81. The number of ether oxygens (including phenoxy) is 1. The van der Waals surface area contributed by atoms with Crippen LogP contribution in [0.5, 0.6) is 5.75 Å². The standard InChI is InChI=1S/C12H11ClN2O/c1-2-16-10-5-3-9(4-6-10)12-11(13)7-14-8-15-12/h3-8H,2H2,1H3. The molecule has 0 N–H and O–H groups in total. The summed E-state index contributed by atoms with van der Waals surface area (Å²) >= 11 is 6.00. The van der Waals surface area contributed by atoms with Gasteiger partial charge in [0.05, 0.1) is 17.3 Å². The molecule has 0 saturated carbocycles. The molecule has 4 heteroatoms. The van der Waals surface area contributed by atoms with Crippen LogP contribution in [0.15, 0.2) is 36.8 Å². The number of hydrogen-bond donors (Lipinski definition) is 0. The zero-order valence-corrected chi connectivity index (χ0v) is 9.61. The smallest absolute Gasteiger partial charge is 0.119 e. The second kappa shape index (κ2) is 4.94. The van der Waals surface area contributed by atoms with E-state index in [1.807, 2.05) is 31.2 Å². The molecule has 1 aromatic carbocycles. The van der Waals surface area contributed by atoms with Crippen molar-refractivity contribution < 1.29 is 4.74 Å². The van der Waals surface area contributed by atoms with Crippen LogP contribution in [-0.2, 0) is 0 Å². The summed E-state index contributed by atoms with van der Waals surface area (Å²) in [6.45, 7) is 2.61. The molecule has 0 bridgehead atoms. The minimum atomic E-state index is 0.548. The van der Waals surface area contributed by atoms with Gasteiger partial charge in [-0.1, -0.05) is 11.6 Å². The number of rotatable bonds is 3. The number of hydrogen-bond acceptors (Lipinski definition) is 3. The second-order valence-electron chi connectivity index (χ2n) is 3.18. The molecular formula is C12H11ClN2O. The summed E-state index contributed by atoms with van der Waals surface area (Å²) in [4.78, 5) is 7.99. The largest absolute Gasteiger partial charge is 0.494 e. The molecule has 0 amide bonds. The van der Waals surface area contributed by atoms with Gasteiger partial charge in [-0.25, -0.2) is 9.97 Å². The highest BCUT2D eigenvalue weighted by Gasteiger charge is 2.04. The highest BCUT2D eigenvalue weighted by Crippen LogP contribution is 2.25. The van der Waals surface area contributed by atoms with Crippen molar-refractivity contribution >= 4 is 11.6 Å². The molecule has 16 heavy (non-hydrogen) atoms. The maximum Gasteiger partial charge on any atom is 0.119 e. The van der Waals surface area contributed by atoms with Gasteiger partial charge in [0, 0.05) is 11.8 Å². The van der Waals surface area contributed by atoms with Crippen LogP contribution in [0.1, 0.15) is 6.92 Å². The van der Waals surface area contributed by atoms with E-state index in [9.17, 15) is 0 Å². The van der Waals surface area contributed by atoms with Crippen molar-refractivity contribution in [3.05, 3.63) is 41.8 Å². The lowest BCUT2D eigenvalue weighted by Gasteiger charge is -2.05. The molecule has 2 rings (SSSR count). The van der Waals surface area contributed by atoms with Gasteiger partial charge in [0.2, 0.25) is 0 Å². The molecule has 3 nitrogen and oxygen atoms in total. The first kappa shape index (κ1) is 10.9. The summed E-state index contributed by atoms with van der Waals surface area (Å²) in [6, 6.07) is 7.66. The van der Waals surface area contributed by atoms with Gasteiger partial charge < -0.3 is 4.74 Å². The third kappa shape index (κ3) is 2.31. The SMILES string of the molecule is CCOc1ccc(-c2ncncc2Cl)cc1. The van der Waals surface area contributed by atoms with Crippen molar-refractivity contribution in [2.45, 2.75) is 6.92 Å². The fraction of sp³-hybridized carbons (Fsp3) is 0.167. The van der Waals surface area contributed by atoms with E-state index in [1.54, 1.807) is 6.20 Å². The van der Waals surface area contributed by atoms with Crippen molar-refractivity contribution in [1.82, 2.24) is 9.97 Å². The zero-order valence-electron chi connectivity index (χ0n) is 8.85. The summed E-state index contributed by atoms with van der Waals surface area (Å²) in [7, 11) is 0. The molecule has 0 aliphatic carbocycles. The van der Waals surface area contributed by atoms with Crippen molar-refractivity contribution in [3.63, 3.8) is 0 Å². The summed E-state index contributed by atoms with van der Waals surface area (Å²) in [5.74, 6) is 0.844. The lowest BCUT2D eigenvalue weighted by atomic mass is 10.1. The van der Waals surface area contributed by atoms with Gasteiger partial charge in [-0.2, -0.15) is 0 Å². The summed E-state index contributed by atoms with van der Waals surface area (Å²) in [6.07, 6.45) is 3.07. The normalized spacial score (nSPS) is 10.1. The zero-order chi connectivity index (χ0) is 11.4. The Kier molecular flexibility index (Phi) is 3.37. The molecule has 0 aliphatic heterocycles. The van der Waals surface area contributed by atoms with Crippen LogP contribution in [0, 0.1) is 0 Å². The Labute approximate surface area is 99.1 Å². The van der Waals surface area contributed by atoms with Crippen molar-refractivity contribution in [2.24, 2.45) is 0 Å². The van der Waals surface area contributed by atoms with Crippen LogP contribution >= 0.6 is 11.6 Å². The summed E-state index contributed by atoms with van der Waals surface area (Å²) < 4.78 is 5.36. The maximum absolute atomic E-state index is 6.00. The van der Waals surface area contributed by atoms with Gasteiger partial charge in [-0.3, -0.25) is 0 Å². The van der Waals surface area contributed by atoms with Crippen LogP contribution in [-0.4, -0.2) is 16.6 Å². The van der Waals surface area contributed by atoms with Gasteiger partial charge in [-0.15, -0.1) is 0 Å². The lowest BCUT2D eigenvalue weighted by molar-refractivity contribution is 0.340. The quantitative estimate of drug-likeness (QED) is 0.818. The summed E-state index contributed by atoms with van der Waals surface area (Å²) in [5, 5.41) is 0.548. The Hall–Kier alpha value is -1.61. The first-order valence-corrected chi connectivity index (χ1v) is 5.38. The van der Waals surface area contributed by atoms with E-state index in [1.165, 1.54) is 6.33 Å². The first-order valence-electron chi connectivity index (χ1n) is 5.00. The van der Waals surface area contributed by atoms with E-state index < -0.39 is 0 Å². The second-order valence-corrected chi connectivity index (χ2v) is 3.58. The lowest BCUT2D eigenvalue weighted by Crippen LogP contribution is -1.91. The molecule has 1 aromatic heterocycles. The predicted octanol–water partition coefficient (Wildman–Crippen LogP) is 3.20. The van der Waals surface area contributed by atoms with Crippen LogP contribution in [0.25, 0.3) is 11.3 Å². The van der Waals surface area contributed by atoms with Crippen molar-refractivity contribution in [2.75, 3.05) is 6.61 Å². The highest BCUT2D eigenvalue weighted by molar-refractivity contribution is 6.32. The molecular weight excluding hydrogens is 224 g/mol. The van der Waals surface area contributed by atoms with Gasteiger partial charge in [0.15, 0.2) is 0 Å². The highest BCUT2D eigenvalue weighted by atomic mass is 35.5. The van der Waals surface area contributed by atoms with E-state index in [0.29, 0.717) is 11.6 Å². The van der Waals surface area contributed by atoms with Crippen LogP contribution in [0.4, 0.5) is 0 Å². The predicted molar refractivity (Wildman–Crippen MR) is 63.6 cm³/mol. The van der Waals surface area contributed by atoms with E-state index in [0.717, 1.165) is 17.0 Å². The van der Waals surface area contributed by atoms with Gasteiger partial charge in [0.25, 0.3) is 0 Å². The van der Waals surface area contributed by atoms with E-state index in [4.69, 9.17) is 16.3 Å². The van der Waals surface area contributed by atoms with E-state index in [2.05, 4.69) is 9.97 Å². The molecule has 0 fully saturated rings. The molecule has 1 heterocycles. The average molecular weight is 235 g/mol.